The number of nitrogens with one attached hydrogen (secondary N) is 1. The van der Waals surface area contributed by atoms with Gasteiger partial charge in [-0.3, -0.25) is 10.1 Å². The average molecular weight is 189 g/mol. The summed E-state index contributed by atoms with van der Waals surface area (Å²) in [5.41, 5.74) is 0.314. The van der Waals surface area contributed by atoms with Gasteiger partial charge in [0.15, 0.2) is 0 Å². The van der Waals surface area contributed by atoms with E-state index in [1.807, 2.05) is 0 Å². The van der Waals surface area contributed by atoms with Gasteiger partial charge in [-0.1, -0.05) is 0 Å². The predicted octanol–water partition coefficient (Wildman–Crippen LogP) is 1.02. The van der Waals surface area contributed by atoms with E-state index in [2.05, 4.69) is 15.2 Å². The molecule has 0 aromatic carbocycles. The highest BCUT2D eigenvalue weighted by atomic mass is 16.5. The molecule has 0 aliphatic heterocycles. The zero-order chi connectivity index (χ0) is 9.80. The second kappa shape index (κ2) is 3.69. The summed E-state index contributed by atoms with van der Waals surface area (Å²) in [5.74, 6) is -0.0670. The molecule has 0 saturated heterocycles. The normalized spacial score (nSPS) is 9.71. The molecular weight excluding hydrogens is 182 g/mol. The number of H-pyrrole nitrogens is 1. The van der Waals surface area contributed by atoms with Crippen LogP contribution in [0.3, 0.4) is 0 Å². The van der Waals surface area contributed by atoms with Gasteiger partial charge in [0.05, 0.1) is 6.20 Å². The van der Waals surface area contributed by atoms with Crippen molar-refractivity contribution in [3.8, 4) is 5.75 Å². The van der Waals surface area contributed by atoms with Crippen molar-refractivity contribution >= 4 is 5.97 Å². The van der Waals surface area contributed by atoms with Crippen molar-refractivity contribution in [2.75, 3.05) is 0 Å². The van der Waals surface area contributed by atoms with Gasteiger partial charge in [-0.25, -0.2) is 4.79 Å². The van der Waals surface area contributed by atoms with Crippen molar-refractivity contribution in [2.45, 2.75) is 0 Å². The van der Waals surface area contributed by atoms with E-state index in [-0.39, 0.29) is 0 Å². The van der Waals surface area contributed by atoms with Crippen LogP contribution in [0.15, 0.2) is 36.8 Å². The van der Waals surface area contributed by atoms with Gasteiger partial charge in [-0.15, -0.1) is 0 Å². The van der Waals surface area contributed by atoms with E-state index < -0.39 is 5.97 Å². The maximum Gasteiger partial charge on any atom is 0.361 e. The van der Waals surface area contributed by atoms with Crippen LogP contribution in [0.2, 0.25) is 0 Å². The fourth-order valence-electron chi connectivity index (χ4n) is 0.939. The molecule has 0 amide bonds. The largest absolute Gasteiger partial charge is 0.420 e. The maximum absolute atomic E-state index is 11.4. The van der Waals surface area contributed by atoms with Gasteiger partial charge in [0.1, 0.15) is 11.4 Å². The molecule has 0 spiro atoms. The van der Waals surface area contributed by atoms with Crippen LogP contribution >= 0.6 is 0 Å². The van der Waals surface area contributed by atoms with Crippen LogP contribution in [0.1, 0.15) is 10.5 Å². The Morgan fingerprint density at radius 1 is 1.36 bits per heavy atom. The van der Waals surface area contributed by atoms with Crippen LogP contribution in [0.4, 0.5) is 0 Å². The minimum Gasteiger partial charge on any atom is -0.420 e. The van der Waals surface area contributed by atoms with Crippen molar-refractivity contribution in [2.24, 2.45) is 0 Å². The fraction of sp³-hybridized carbons (Fsp3) is 0. The summed E-state index contributed by atoms with van der Waals surface area (Å²) in [5, 5.41) is 6.16. The van der Waals surface area contributed by atoms with Crippen molar-refractivity contribution in [1.82, 2.24) is 15.2 Å². The number of carbonyl (C=O) groups excluding carboxylic acids is 1. The molecule has 0 aliphatic rings. The summed E-state index contributed by atoms with van der Waals surface area (Å²) in [4.78, 5) is 15.2. The Labute approximate surface area is 79.7 Å². The van der Waals surface area contributed by atoms with Gasteiger partial charge in [0.25, 0.3) is 0 Å². The van der Waals surface area contributed by atoms with Crippen LogP contribution < -0.4 is 4.74 Å². The van der Waals surface area contributed by atoms with Gasteiger partial charge in [-0.05, 0) is 18.2 Å². The Bertz CT molecular complexity index is 411. The zero-order valence-corrected chi connectivity index (χ0v) is 7.18. The second-order valence-electron chi connectivity index (χ2n) is 2.55. The van der Waals surface area contributed by atoms with Crippen LogP contribution in [-0.2, 0) is 0 Å². The SMILES string of the molecule is O=C(Oc1cccnc1)c1ccn[nH]1. The number of hydrogen-bond acceptors (Lipinski definition) is 4. The minimum atomic E-state index is -0.476. The molecule has 0 aliphatic carbocycles. The van der Waals surface area contributed by atoms with E-state index in [0.29, 0.717) is 11.4 Å². The Hall–Kier alpha value is -2.17. The third-order valence-corrected chi connectivity index (χ3v) is 1.57. The van der Waals surface area contributed by atoms with E-state index in [1.54, 1.807) is 24.4 Å². The van der Waals surface area contributed by atoms with E-state index in [4.69, 9.17) is 4.74 Å². The third kappa shape index (κ3) is 1.77. The Balaban J connectivity index is 2.10. The highest BCUT2D eigenvalue weighted by Gasteiger charge is 2.08. The molecule has 2 rings (SSSR count). The summed E-state index contributed by atoms with van der Waals surface area (Å²) < 4.78 is 4.99. The van der Waals surface area contributed by atoms with Gasteiger partial charge in [0.2, 0.25) is 0 Å². The van der Waals surface area contributed by atoms with Gasteiger partial charge >= 0.3 is 5.97 Å². The van der Waals surface area contributed by atoms with Crippen molar-refractivity contribution in [1.29, 1.82) is 0 Å². The quantitative estimate of drug-likeness (QED) is 0.716. The topological polar surface area (TPSA) is 67.9 Å². The standard InChI is InChI=1S/C9H7N3O2/c13-9(8-3-5-11-12-8)14-7-2-1-4-10-6-7/h1-6H,(H,11,12). The molecule has 5 heteroatoms. The molecule has 2 aromatic heterocycles. The summed E-state index contributed by atoms with van der Waals surface area (Å²) >= 11 is 0. The van der Waals surface area contributed by atoms with Crippen molar-refractivity contribution < 1.29 is 9.53 Å². The molecule has 70 valence electrons. The highest BCUT2D eigenvalue weighted by Crippen LogP contribution is 2.08. The highest BCUT2D eigenvalue weighted by molar-refractivity contribution is 5.88. The molecule has 0 fully saturated rings. The monoisotopic (exact) mass is 189 g/mol. The first-order valence-corrected chi connectivity index (χ1v) is 3.98. The molecular formula is C9H7N3O2. The summed E-state index contributed by atoms with van der Waals surface area (Å²) in [6, 6.07) is 4.88. The minimum absolute atomic E-state index is 0.314. The van der Waals surface area contributed by atoms with Crippen LogP contribution in [0.5, 0.6) is 5.75 Å². The van der Waals surface area contributed by atoms with Gasteiger partial charge in [0, 0.05) is 12.4 Å². The first-order chi connectivity index (χ1) is 6.86. The van der Waals surface area contributed by atoms with E-state index >= 15 is 0 Å². The zero-order valence-electron chi connectivity index (χ0n) is 7.18. The van der Waals surface area contributed by atoms with E-state index in [1.165, 1.54) is 12.4 Å². The maximum atomic E-state index is 11.4. The first-order valence-electron chi connectivity index (χ1n) is 3.98. The lowest BCUT2D eigenvalue weighted by molar-refractivity contribution is 0.0728. The smallest absolute Gasteiger partial charge is 0.361 e. The first kappa shape index (κ1) is 8.43. The number of aromatic nitrogens is 3. The summed E-state index contributed by atoms with van der Waals surface area (Å²) in [6.45, 7) is 0. The Kier molecular flexibility index (Phi) is 2.22. The number of aromatic amines is 1. The lowest BCUT2D eigenvalue weighted by Crippen LogP contribution is -2.08. The molecule has 2 heterocycles. The van der Waals surface area contributed by atoms with Crippen LogP contribution in [0, 0.1) is 0 Å². The summed E-state index contributed by atoms with van der Waals surface area (Å²) in [7, 11) is 0. The number of ether oxygens (including phenoxy) is 1. The molecule has 2 aromatic rings. The lowest BCUT2D eigenvalue weighted by atomic mass is 10.4. The van der Waals surface area contributed by atoms with Crippen LogP contribution in [-0.4, -0.2) is 21.2 Å². The third-order valence-electron chi connectivity index (χ3n) is 1.57. The van der Waals surface area contributed by atoms with Gasteiger partial charge < -0.3 is 4.74 Å². The Morgan fingerprint density at radius 3 is 2.93 bits per heavy atom. The molecule has 0 bridgehead atoms. The second-order valence-corrected chi connectivity index (χ2v) is 2.55. The molecule has 0 saturated carbocycles. The van der Waals surface area contributed by atoms with E-state index in [0.717, 1.165) is 0 Å². The van der Waals surface area contributed by atoms with E-state index in [9.17, 15) is 4.79 Å². The number of nitrogens with zero attached hydrogens (tertiary/aromatic N) is 2. The van der Waals surface area contributed by atoms with Crippen molar-refractivity contribution in [3.63, 3.8) is 0 Å². The fourth-order valence-corrected chi connectivity index (χ4v) is 0.939. The number of rotatable bonds is 2. The lowest BCUT2D eigenvalue weighted by Gasteiger charge is -2.00. The molecule has 1 N–H and O–H groups in total. The summed E-state index contributed by atoms with van der Waals surface area (Å²) in [6.07, 6.45) is 4.56. The molecule has 5 nitrogen and oxygen atoms in total. The number of carbonyl (C=O) groups is 1. The molecule has 14 heavy (non-hydrogen) atoms. The molecule has 0 atom stereocenters. The molecule has 0 unspecified atom stereocenters. The Morgan fingerprint density at radius 2 is 2.29 bits per heavy atom. The van der Waals surface area contributed by atoms with Crippen LogP contribution in [0.25, 0.3) is 0 Å². The number of pyridine rings is 1. The predicted molar refractivity (Wildman–Crippen MR) is 47.8 cm³/mol. The number of hydrogen-bond donors (Lipinski definition) is 1. The van der Waals surface area contributed by atoms with Crippen molar-refractivity contribution in [3.05, 3.63) is 42.5 Å². The average Bonchev–Trinajstić information content (AvgIpc) is 2.72. The number of esters is 1. The molecule has 0 radical (unpaired) electrons. The van der Waals surface area contributed by atoms with Gasteiger partial charge in [-0.2, -0.15) is 5.10 Å².